The van der Waals surface area contributed by atoms with Gasteiger partial charge in [0.2, 0.25) is 5.88 Å². The third-order valence-corrected chi connectivity index (χ3v) is 3.77. The van der Waals surface area contributed by atoms with Crippen LogP contribution in [0.2, 0.25) is 0 Å². The summed E-state index contributed by atoms with van der Waals surface area (Å²) < 4.78 is 47.4. The molecule has 0 aliphatic heterocycles. The standard InChI is InChI=1S/C17H19F3N4O4/c1-9-14(10(2)24(4)23-9)22-15(25)11(3)28-16(26)12-5-6-13(21-7-12)27-8-17(18,19)20/h5-7,11H,8H2,1-4H3,(H,22,25). The predicted molar refractivity (Wildman–Crippen MR) is 92.0 cm³/mol. The molecule has 0 bridgehead atoms. The molecule has 28 heavy (non-hydrogen) atoms. The molecule has 2 aromatic heterocycles. The van der Waals surface area contributed by atoms with E-state index in [1.165, 1.54) is 13.0 Å². The van der Waals surface area contributed by atoms with E-state index in [0.29, 0.717) is 11.4 Å². The molecule has 0 spiro atoms. The number of carbonyl (C=O) groups excluding carboxylic acids is 2. The van der Waals surface area contributed by atoms with E-state index in [4.69, 9.17) is 4.74 Å². The molecule has 0 aliphatic rings. The minimum absolute atomic E-state index is 0.0345. The summed E-state index contributed by atoms with van der Waals surface area (Å²) in [6.07, 6.45) is -4.60. The van der Waals surface area contributed by atoms with Gasteiger partial charge in [0.05, 0.1) is 22.6 Å². The van der Waals surface area contributed by atoms with Crippen molar-refractivity contribution >= 4 is 17.6 Å². The second kappa shape index (κ2) is 8.28. The molecule has 2 rings (SSSR count). The third kappa shape index (κ3) is 5.44. The molecule has 152 valence electrons. The zero-order chi connectivity index (χ0) is 21.1. The number of alkyl halides is 3. The Bertz CT molecular complexity index is 863. The number of nitrogens with zero attached hydrogens (tertiary/aromatic N) is 3. The van der Waals surface area contributed by atoms with Crippen LogP contribution in [0.15, 0.2) is 18.3 Å². The number of amides is 1. The summed E-state index contributed by atoms with van der Waals surface area (Å²) in [6, 6.07) is 2.30. The predicted octanol–water partition coefficient (Wildman–Crippen LogP) is 2.56. The van der Waals surface area contributed by atoms with Crippen LogP contribution in [0.4, 0.5) is 18.9 Å². The van der Waals surface area contributed by atoms with Crippen molar-refractivity contribution in [2.24, 2.45) is 7.05 Å². The third-order valence-electron chi connectivity index (χ3n) is 3.77. The lowest BCUT2D eigenvalue weighted by atomic mass is 10.2. The second-order valence-electron chi connectivity index (χ2n) is 6.00. The Morgan fingerprint density at radius 3 is 2.46 bits per heavy atom. The monoisotopic (exact) mass is 400 g/mol. The summed E-state index contributed by atoms with van der Waals surface area (Å²) in [5.74, 6) is -1.69. The van der Waals surface area contributed by atoms with Gasteiger partial charge in [-0.25, -0.2) is 9.78 Å². The zero-order valence-electron chi connectivity index (χ0n) is 15.6. The Hall–Kier alpha value is -3.11. The lowest BCUT2D eigenvalue weighted by Gasteiger charge is -2.14. The number of hydrogen-bond donors (Lipinski definition) is 1. The highest BCUT2D eigenvalue weighted by molar-refractivity contribution is 5.97. The quantitative estimate of drug-likeness (QED) is 0.749. The van der Waals surface area contributed by atoms with Gasteiger partial charge in [-0.3, -0.25) is 9.48 Å². The first-order valence-corrected chi connectivity index (χ1v) is 8.15. The summed E-state index contributed by atoms with van der Waals surface area (Å²) in [7, 11) is 1.73. The molecule has 0 aliphatic carbocycles. The second-order valence-corrected chi connectivity index (χ2v) is 6.00. The van der Waals surface area contributed by atoms with Crippen molar-refractivity contribution in [1.82, 2.24) is 14.8 Å². The molecule has 11 heteroatoms. The summed E-state index contributed by atoms with van der Waals surface area (Å²) in [5.41, 5.74) is 1.85. The van der Waals surface area contributed by atoms with E-state index in [2.05, 4.69) is 20.1 Å². The topological polar surface area (TPSA) is 95.3 Å². The van der Waals surface area contributed by atoms with Crippen LogP contribution in [-0.2, 0) is 16.6 Å². The molecule has 0 fully saturated rings. The highest BCUT2D eigenvalue weighted by Crippen LogP contribution is 2.19. The number of rotatable bonds is 6. The summed E-state index contributed by atoms with van der Waals surface area (Å²) in [6.45, 7) is 3.41. The molecule has 2 heterocycles. The highest BCUT2D eigenvalue weighted by Gasteiger charge is 2.28. The van der Waals surface area contributed by atoms with Crippen molar-refractivity contribution < 1.29 is 32.2 Å². The van der Waals surface area contributed by atoms with Crippen LogP contribution in [0.25, 0.3) is 0 Å². The van der Waals surface area contributed by atoms with Gasteiger partial charge in [-0.1, -0.05) is 0 Å². The lowest BCUT2D eigenvalue weighted by Crippen LogP contribution is -2.30. The lowest BCUT2D eigenvalue weighted by molar-refractivity contribution is -0.154. The number of anilines is 1. The molecule has 0 radical (unpaired) electrons. The highest BCUT2D eigenvalue weighted by atomic mass is 19.4. The Morgan fingerprint density at radius 2 is 1.96 bits per heavy atom. The molecule has 2 aromatic rings. The fourth-order valence-electron chi connectivity index (χ4n) is 2.20. The van der Waals surface area contributed by atoms with Crippen LogP contribution in [0, 0.1) is 13.8 Å². The number of pyridine rings is 1. The first kappa shape index (κ1) is 21.2. The van der Waals surface area contributed by atoms with E-state index >= 15 is 0 Å². The van der Waals surface area contributed by atoms with E-state index in [1.54, 1.807) is 25.6 Å². The van der Waals surface area contributed by atoms with Crippen molar-refractivity contribution in [3.05, 3.63) is 35.3 Å². The van der Waals surface area contributed by atoms with Crippen LogP contribution in [0.3, 0.4) is 0 Å². The van der Waals surface area contributed by atoms with Gasteiger partial charge in [-0.15, -0.1) is 0 Å². The maximum Gasteiger partial charge on any atom is 0.422 e. The largest absolute Gasteiger partial charge is 0.468 e. The maximum absolute atomic E-state index is 12.3. The van der Waals surface area contributed by atoms with Gasteiger partial charge in [-0.2, -0.15) is 18.3 Å². The smallest absolute Gasteiger partial charge is 0.422 e. The van der Waals surface area contributed by atoms with Crippen molar-refractivity contribution in [1.29, 1.82) is 0 Å². The van der Waals surface area contributed by atoms with Crippen LogP contribution < -0.4 is 10.1 Å². The first-order valence-electron chi connectivity index (χ1n) is 8.15. The minimum Gasteiger partial charge on any atom is -0.468 e. The summed E-state index contributed by atoms with van der Waals surface area (Å²) in [5, 5.41) is 6.83. The number of aromatic nitrogens is 3. The Balaban J connectivity index is 1.95. The van der Waals surface area contributed by atoms with Gasteiger partial charge in [0, 0.05) is 19.3 Å². The Labute approximate surface area is 158 Å². The number of nitrogens with one attached hydrogen (secondary N) is 1. The van der Waals surface area contributed by atoms with E-state index in [0.717, 1.165) is 18.0 Å². The van der Waals surface area contributed by atoms with E-state index in [9.17, 15) is 22.8 Å². The van der Waals surface area contributed by atoms with Crippen LogP contribution in [0.5, 0.6) is 5.88 Å². The van der Waals surface area contributed by atoms with Gasteiger partial charge in [0.25, 0.3) is 5.91 Å². The summed E-state index contributed by atoms with van der Waals surface area (Å²) >= 11 is 0. The molecular formula is C17H19F3N4O4. The van der Waals surface area contributed by atoms with Crippen LogP contribution in [-0.4, -0.2) is 45.5 Å². The number of carbonyl (C=O) groups is 2. The number of halogens is 3. The van der Waals surface area contributed by atoms with Crippen LogP contribution >= 0.6 is 0 Å². The van der Waals surface area contributed by atoms with Gasteiger partial charge >= 0.3 is 12.1 Å². The van der Waals surface area contributed by atoms with E-state index < -0.39 is 30.8 Å². The zero-order valence-corrected chi connectivity index (χ0v) is 15.6. The molecule has 0 aromatic carbocycles. The number of ether oxygens (including phenoxy) is 2. The average molecular weight is 400 g/mol. The van der Waals surface area contributed by atoms with Gasteiger partial charge in [0.1, 0.15) is 0 Å². The van der Waals surface area contributed by atoms with Crippen molar-refractivity contribution in [2.45, 2.75) is 33.1 Å². The SMILES string of the molecule is Cc1nn(C)c(C)c1NC(=O)C(C)OC(=O)c1ccc(OCC(F)(F)F)nc1. The Kier molecular flexibility index (Phi) is 6.26. The van der Waals surface area contributed by atoms with Crippen molar-refractivity contribution in [3.8, 4) is 5.88 Å². The molecule has 1 amide bonds. The maximum atomic E-state index is 12.3. The molecule has 1 unspecified atom stereocenters. The molecule has 1 atom stereocenters. The molecule has 1 N–H and O–H groups in total. The van der Waals surface area contributed by atoms with Crippen LogP contribution in [0.1, 0.15) is 28.7 Å². The molecule has 8 nitrogen and oxygen atoms in total. The number of aryl methyl sites for hydroxylation is 2. The fourth-order valence-corrected chi connectivity index (χ4v) is 2.20. The van der Waals surface area contributed by atoms with E-state index in [1.807, 2.05) is 0 Å². The Morgan fingerprint density at radius 1 is 1.29 bits per heavy atom. The van der Waals surface area contributed by atoms with Crippen molar-refractivity contribution in [2.75, 3.05) is 11.9 Å². The van der Waals surface area contributed by atoms with Crippen molar-refractivity contribution in [3.63, 3.8) is 0 Å². The number of esters is 1. The van der Waals surface area contributed by atoms with Gasteiger partial charge in [-0.05, 0) is 26.8 Å². The molecule has 0 saturated carbocycles. The normalized spacial score (nSPS) is 12.4. The average Bonchev–Trinajstić information content (AvgIpc) is 2.85. The number of hydrogen-bond acceptors (Lipinski definition) is 6. The molecule has 0 saturated heterocycles. The van der Waals surface area contributed by atoms with Gasteiger partial charge < -0.3 is 14.8 Å². The molecular weight excluding hydrogens is 381 g/mol. The summed E-state index contributed by atoms with van der Waals surface area (Å²) in [4.78, 5) is 28.0. The fraction of sp³-hybridized carbons (Fsp3) is 0.412. The first-order chi connectivity index (χ1) is 13.0. The van der Waals surface area contributed by atoms with Gasteiger partial charge in [0.15, 0.2) is 12.7 Å². The minimum atomic E-state index is -4.49. The van der Waals surface area contributed by atoms with E-state index in [-0.39, 0.29) is 11.4 Å².